The fourth-order valence-corrected chi connectivity index (χ4v) is 1.89. The molecule has 1 heterocycles. The Balaban J connectivity index is 2.27. The number of aromatic nitrogens is 1. The van der Waals surface area contributed by atoms with Crippen LogP contribution in [0.25, 0.3) is 0 Å². The van der Waals surface area contributed by atoms with Gasteiger partial charge in [-0.15, -0.1) is 0 Å². The van der Waals surface area contributed by atoms with Crippen LogP contribution >= 0.6 is 0 Å². The number of anilines is 2. The molecule has 2 N–H and O–H groups in total. The van der Waals surface area contributed by atoms with E-state index in [1.54, 1.807) is 0 Å². The average Bonchev–Trinajstić information content (AvgIpc) is 2.40. The van der Waals surface area contributed by atoms with Crippen molar-refractivity contribution in [3.8, 4) is 0 Å². The Bertz CT molecular complexity index is 661. The molecule has 0 amide bonds. The Morgan fingerprint density at radius 1 is 1.19 bits per heavy atom. The van der Waals surface area contributed by atoms with E-state index in [-0.39, 0.29) is 11.2 Å². The number of hydrogen-bond acceptors (Lipinski definition) is 3. The second-order valence-corrected chi connectivity index (χ2v) is 5.78. The van der Waals surface area contributed by atoms with Gasteiger partial charge in [0.05, 0.1) is 0 Å². The summed E-state index contributed by atoms with van der Waals surface area (Å²) in [7, 11) is 0. The van der Waals surface area contributed by atoms with E-state index in [1.165, 1.54) is 6.20 Å². The summed E-state index contributed by atoms with van der Waals surface area (Å²) in [6, 6.07) is 8.65. The van der Waals surface area contributed by atoms with Crippen molar-refractivity contribution in [3.63, 3.8) is 0 Å². The van der Waals surface area contributed by atoms with E-state index in [1.807, 2.05) is 24.3 Å². The molecule has 21 heavy (non-hydrogen) atoms. The number of halogens is 1. The number of carbonyl (C=O) groups is 1. The highest BCUT2D eigenvalue weighted by atomic mass is 19.1. The van der Waals surface area contributed by atoms with Gasteiger partial charge in [0.2, 0.25) is 0 Å². The summed E-state index contributed by atoms with van der Waals surface area (Å²) in [6.45, 7) is 6.31. The molecule has 110 valence electrons. The van der Waals surface area contributed by atoms with Crippen molar-refractivity contribution < 1.29 is 14.3 Å². The Kier molecular flexibility index (Phi) is 3.93. The maximum absolute atomic E-state index is 14.0. The Morgan fingerprint density at radius 3 is 2.33 bits per heavy atom. The quantitative estimate of drug-likeness (QED) is 0.897. The van der Waals surface area contributed by atoms with Gasteiger partial charge in [-0.05, 0) is 29.2 Å². The topological polar surface area (TPSA) is 62.2 Å². The van der Waals surface area contributed by atoms with Crippen LogP contribution in [0.15, 0.2) is 36.5 Å². The number of hydrogen-bond donors (Lipinski definition) is 2. The molecule has 0 aliphatic carbocycles. The van der Waals surface area contributed by atoms with Crippen LogP contribution < -0.4 is 5.32 Å². The Morgan fingerprint density at radius 2 is 1.81 bits per heavy atom. The third kappa shape index (κ3) is 3.37. The number of carboxylic acid groups (broad SMARTS) is 1. The first-order valence-electron chi connectivity index (χ1n) is 6.54. The van der Waals surface area contributed by atoms with Gasteiger partial charge in [0.1, 0.15) is 5.56 Å². The molecule has 4 nitrogen and oxygen atoms in total. The van der Waals surface area contributed by atoms with E-state index in [9.17, 15) is 9.18 Å². The highest BCUT2D eigenvalue weighted by Crippen LogP contribution is 2.25. The first kappa shape index (κ1) is 15.0. The number of pyridine rings is 1. The standard InChI is InChI=1S/C16H17FN2O2/c1-16(2,3)10-4-6-11(7-5-10)19-14-13(17)12(15(20)21)8-9-18-14/h4-9H,1-3H3,(H,18,19)(H,20,21). The molecular weight excluding hydrogens is 271 g/mol. The third-order valence-electron chi connectivity index (χ3n) is 3.13. The summed E-state index contributed by atoms with van der Waals surface area (Å²) in [4.78, 5) is 14.7. The zero-order valence-electron chi connectivity index (χ0n) is 12.1. The predicted molar refractivity (Wildman–Crippen MR) is 79.6 cm³/mol. The maximum Gasteiger partial charge on any atom is 0.338 e. The minimum atomic E-state index is -1.32. The third-order valence-corrected chi connectivity index (χ3v) is 3.13. The Labute approximate surface area is 122 Å². The fourth-order valence-electron chi connectivity index (χ4n) is 1.89. The van der Waals surface area contributed by atoms with Gasteiger partial charge in [0, 0.05) is 11.9 Å². The van der Waals surface area contributed by atoms with Crippen LogP contribution in [0.2, 0.25) is 0 Å². The van der Waals surface area contributed by atoms with Crippen molar-refractivity contribution in [1.82, 2.24) is 4.98 Å². The van der Waals surface area contributed by atoms with Gasteiger partial charge in [0.15, 0.2) is 11.6 Å². The van der Waals surface area contributed by atoms with Crippen molar-refractivity contribution in [2.24, 2.45) is 0 Å². The van der Waals surface area contributed by atoms with Crippen molar-refractivity contribution in [1.29, 1.82) is 0 Å². The van der Waals surface area contributed by atoms with E-state index in [0.717, 1.165) is 11.6 Å². The molecule has 0 radical (unpaired) electrons. The molecule has 0 bridgehead atoms. The molecule has 1 aromatic carbocycles. The number of carboxylic acids is 1. The van der Waals surface area contributed by atoms with E-state index in [0.29, 0.717) is 5.69 Å². The van der Waals surface area contributed by atoms with E-state index >= 15 is 0 Å². The number of benzene rings is 1. The molecule has 0 saturated carbocycles. The summed E-state index contributed by atoms with van der Waals surface area (Å²) in [5, 5.41) is 11.7. The molecule has 0 atom stereocenters. The van der Waals surface area contributed by atoms with E-state index < -0.39 is 17.3 Å². The summed E-state index contributed by atoms with van der Waals surface area (Å²) in [6.07, 6.45) is 1.26. The average molecular weight is 288 g/mol. The molecule has 5 heteroatoms. The van der Waals surface area contributed by atoms with Gasteiger partial charge in [0.25, 0.3) is 0 Å². The summed E-state index contributed by atoms with van der Waals surface area (Å²) in [5.74, 6) is -2.29. The van der Waals surface area contributed by atoms with Gasteiger partial charge in [-0.3, -0.25) is 0 Å². The minimum absolute atomic E-state index is 0.0330. The van der Waals surface area contributed by atoms with Gasteiger partial charge in [-0.2, -0.15) is 0 Å². The van der Waals surface area contributed by atoms with Crippen LogP contribution in [0, 0.1) is 5.82 Å². The lowest BCUT2D eigenvalue weighted by Crippen LogP contribution is -2.10. The van der Waals surface area contributed by atoms with Crippen LogP contribution in [-0.2, 0) is 5.41 Å². The lowest BCUT2D eigenvalue weighted by atomic mass is 9.87. The molecule has 0 unspecified atom stereocenters. The van der Waals surface area contributed by atoms with Gasteiger partial charge < -0.3 is 10.4 Å². The highest BCUT2D eigenvalue weighted by molar-refractivity contribution is 5.89. The van der Waals surface area contributed by atoms with E-state index in [4.69, 9.17) is 5.11 Å². The lowest BCUT2D eigenvalue weighted by Gasteiger charge is -2.19. The number of nitrogens with zero attached hydrogens (tertiary/aromatic N) is 1. The van der Waals surface area contributed by atoms with E-state index in [2.05, 4.69) is 31.1 Å². The number of nitrogens with one attached hydrogen (secondary N) is 1. The minimum Gasteiger partial charge on any atom is -0.478 e. The van der Waals surface area contributed by atoms with Gasteiger partial charge in [-0.25, -0.2) is 14.2 Å². The molecule has 0 fully saturated rings. The first-order chi connectivity index (χ1) is 9.79. The van der Waals surface area contributed by atoms with Gasteiger partial charge >= 0.3 is 5.97 Å². The largest absolute Gasteiger partial charge is 0.478 e. The molecule has 0 aliphatic rings. The molecule has 0 aliphatic heterocycles. The summed E-state index contributed by atoms with van der Waals surface area (Å²) >= 11 is 0. The van der Waals surface area contributed by atoms with Crippen molar-refractivity contribution in [2.75, 3.05) is 5.32 Å². The van der Waals surface area contributed by atoms with Crippen LogP contribution in [0.3, 0.4) is 0 Å². The zero-order chi connectivity index (χ0) is 15.6. The molecule has 1 aromatic heterocycles. The monoisotopic (exact) mass is 288 g/mol. The predicted octanol–water partition coefficient (Wildman–Crippen LogP) is 3.96. The molecule has 2 aromatic rings. The second kappa shape index (κ2) is 5.52. The van der Waals surface area contributed by atoms with Crippen LogP contribution in [0.4, 0.5) is 15.9 Å². The highest BCUT2D eigenvalue weighted by Gasteiger charge is 2.16. The maximum atomic E-state index is 14.0. The van der Waals surface area contributed by atoms with Crippen molar-refractivity contribution >= 4 is 17.5 Å². The first-order valence-corrected chi connectivity index (χ1v) is 6.54. The molecular formula is C16H17FN2O2. The van der Waals surface area contributed by atoms with Gasteiger partial charge in [-0.1, -0.05) is 32.9 Å². The fraction of sp³-hybridized carbons (Fsp3) is 0.250. The molecule has 0 spiro atoms. The number of rotatable bonds is 3. The van der Waals surface area contributed by atoms with Crippen LogP contribution in [0.1, 0.15) is 36.7 Å². The smallest absolute Gasteiger partial charge is 0.338 e. The van der Waals surface area contributed by atoms with Crippen molar-refractivity contribution in [2.45, 2.75) is 26.2 Å². The summed E-state index contributed by atoms with van der Waals surface area (Å²) in [5.41, 5.74) is 1.43. The van der Waals surface area contributed by atoms with Crippen molar-refractivity contribution in [3.05, 3.63) is 53.5 Å². The summed E-state index contributed by atoms with van der Waals surface area (Å²) < 4.78 is 14.0. The number of aromatic carboxylic acids is 1. The molecule has 0 saturated heterocycles. The molecule has 2 rings (SSSR count). The van der Waals surface area contributed by atoms with Crippen LogP contribution in [0.5, 0.6) is 0 Å². The lowest BCUT2D eigenvalue weighted by molar-refractivity contribution is 0.0692. The Hall–Kier alpha value is -2.43. The normalized spacial score (nSPS) is 11.2. The SMILES string of the molecule is CC(C)(C)c1ccc(Nc2nccc(C(=O)O)c2F)cc1. The second-order valence-electron chi connectivity index (χ2n) is 5.78. The zero-order valence-corrected chi connectivity index (χ0v) is 12.1. The van der Waals surface area contributed by atoms with Crippen LogP contribution in [-0.4, -0.2) is 16.1 Å².